The number of rotatable bonds is 4. The van der Waals surface area contributed by atoms with Crippen LogP contribution in [0, 0.1) is 12.8 Å². The van der Waals surface area contributed by atoms with Crippen molar-refractivity contribution in [1.29, 1.82) is 0 Å². The first kappa shape index (κ1) is 16.0. The summed E-state index contributed by atoms with van der Waals surface area (Å²) in [5.41, 5.74) is 3.29. The van der Waals surface area contributed by atoms with E-state index < -0.39 is 0 Å². The highest BCUT2D eigenvalue weighted by Gasteiger charge is 2.24. The zero-order valence-corrected chi connectivity index (χ0v) is 13.6. The molecule has 1 amide bonds. The molecule has 0 spiro atoms. The number of aryl methyl sites for hydroxylation is 1. The van der Waals surface area contributed by atoms with Gasteiger partial charge in [-0.2, -0.15) is 0 Å². The molecule has 1 saturated heterocycles. The molecule has 0 aromatic heterocycles. The topological polar surface area (TPSA) is 44.4 Å². The Bertz CT molecular complexity index is 499. The third-order valence-electron chi connectivity index (χ3n) is 4.05. The van der Waals surface area contributed by atoms with E-state index in [4.69, 9.17) is 0 Å². The molecule has 2 N–H and O–H groups in total. The molecule has 1 aromatic carbocycles. The summed E-state index contributed by atoms with van der Waals surface area (Å²) in [4.78, 5) is 14.6. The van der Waals surface area contributed by atoms with Crippen molar-refractivity contribution in [2.45, 2.75) is 39.3 Å². The van der Waals surface area contributed by atoms with Gasteiger partial charge in [-0.25, -0.2) is 0 Å². The van der Waals surface area contributed by atoms with Crippen LogP contribution < -0.4 is 10.6 Å². The van der Waals surface area contributed by atoms with Gasteiger partial charge in [0.15, 0.2) is 0 Å². The van der Waals surface area contributed by atoms with Crippen LogP contribution in [0.3, 0.4) is 0 Å². The lowest BCUT2D eigenvalue weighted by atomic mass is 9.92. The number of nitrogens with zero attached hydrogens (tertiary/aromatic N) is 1. The van der Waals surface area contributed by atoms with Crippen molar-refractivity contribution >= 4 is 11.6 Å². The summed E-state index contributed by atoms with van der Waals surface area (Å²) in [7, 11) is 4.10. The zero-order valence-electron chi connectivity index (χ0n) is 13.6. The highest BCUT2D eigenvalue weighted by molar-refractivity contribution is 5.93. The Morgan fingerprint density at radius 3 is 2.86 bits per heavy atom. The van der Waals surface area contributed by atoms with Gasteiger partial charge < -0.3 is 15.5 Å². The SMILES string of the molecule is Cc1ccc(CN(C)C)cc1NC(=O)[C@H]1CCN[C@@H](C)C1. The summed E-state index contributed by atoms with van der Waals surface area (Å²) in [6.45, 7) is 5.99. The predicted molar refractivity (Wildman–Crippen MR) is 87.4 cm³/mol. The van der Waals surface area contributed by atoms with Crippen LogP contribution in [0.2, 0.25) is 0 Å². The van der Waals surface area contributed by atoms with Gasteiger partial charge in [-0.15, -0.1) is 0 Å². The van der Waals surface area contributed by atoms with Gasteiger partial charge in [-0.1, -0.05) is 12.1 Å². The predicted octanol–water partition coefficient (Wildman–Crippen LogP) is 2.38. The molecular weight excluding hydrogens is 262 g/mol. The van der Waals surface area contributed by atoms with E-state index in [1.165, 1.54) is 5.56 Å². The summed E-state index contributed by atoms with van der Waals surface area (Å²) in [6.07, 6.45) is 1.84. The average molecular weight is 289 g/mol. The molecule has 2 atom stereocenters. The number of carbonyl (C=O) groups is 1. The number of hydrogen-bond acceptors (Lipinski definition) is 3. The van der Waals surface area contributed by atoms with Crippen LogP contribution in [0.15, 0.2) is 18.2 Å². The number of anilines is 1. The summed E-state index contributed by atoms with van der Waals surface area (Å²) in [5.74, 6) is 0.284. The molecule has 4 nitrogen and oxygen atoms in total. The zero-order chi connectivity index (χ0) is 15.4. The maximum absolute atomic E-state index is 12.4. The molecule has 0 bridgehead atoms. The van der Waals surface area contributed by atoms with Gasteiger partial charge in [0.1, 0.15) is 0 Å². The van der Waals surface area contributed by atoms with Crippen LogP contribution in [-0.2, 0) is 11.3 Å². The first-order chi connectivity index (χ1) is 9.95. The van der Waals surface area contributed by atoms with E-state index in [1.54, 1.807) is 0 Å². The Labute approximate surface area is 127 Å². The molecule has 2 rings (SSSR count). The van der Waals surface area contributed by atoms with E-state index >= 15 is 0 Å². The van der Waals surface area contributed by atoms with Gasteiger partial charge in [-0.05, 0) is 64.5 Å². The Hall–Kier alpha value is -1.39. The van der Waals surface area contributed by atoms with Crippen molar-refractivity contribution in [3.05, 3.63) is 29.3 Å². The summed E-state index contributed by atoms with van der Waals surface area (Å²) in [5, 5.41) is 6.52. The lowest BCUT2D eigenvalue weighted by Gasteiger charge is -2.27. The fourth-order valence-electron chi connectivity index (χ4n) is 2.87. The third kappa shape index (κ3) is 4.55. The molecule has 116 valence electrons. The number of hydrogen-bond donors (Lipinski definition) is 2. The van der Waals surface area contributed by atoms with E-state index in [1.807, 2.05) is 6.92 Å². The van der Waals surface area contributed by atoms with Crippen molar-refractivity contribution in [2.24, 2.45) is 5.92 Å². The van der Waals surface area contributed by atoms with Gasteiger partial charge in [-0.3, -0.25) is 4.79 Å². The van der Waals surface area contributed by atoms with Gasteiger partial charge in [0.2, 0.25) is 5.91 Å². The maximum atomic E-state index is 12.4. The van der Waals surface area contributed by atoms with Crippen molar-refractivity contribution in [3.63, 3.8) is 0 Å². The van der Waals surface area contributed by atoms with Gasteiger partial charge in [0.25, 0.3) is 0 Å². The van der Waals surface area contributed by atoms with Crippen LogP contribution in [-0.4, -0.2) is 37.5 Å². The second-order valence-electron chi connectivity index (χ2n) is 6.45. The fourth-order valence-corrected chi connectivity index (χ4v) is 2.87. The minimum Gasteiger partial charge on any atom is -0.326 e. The molecule has 0 unspecified atom stereocenters. The van der Waals surface area contributed by atoms with E-state index in [0.29, 0.717) is 6.04 Å². The summed E-state index contributed by atoms with van der Waals surface area (Å²) < 4.78 is 0. The number of nitrogens with one attached hydrogen (secondary N) is 2. The van der Waals surface area contributed by atoms with Gasteiger partial charge in [0, 0.05) is 24.2 Å². The Kier molecular flexibility index (Phi) is 5.37. The highest BCUT2D eigenvalue weighted by atomic mass is 16.1. The standard InChI is InChI=1S/C17H27N3O/c1-12-5-6-14(11-20(3)4)10-16(12)19-17(21)15-7-8-18-13(2)9-15/h5-6,10,13,15,18H,7-9,11H2,1-4H3,(H,19,21)/t13-,15-/m0/s1. The Morgan fingerprint density at radius 2 is 2.19 bits per heavy atom. The quantitative estimate of drug-likeness (QED) is 0.894. The largest absolute Gasteiger partial charge is 0.326 e. The van der Waals surface area contributed by atoms with Crippen molar-refractivity contribution in [2.75, 3.05) is 26.0 Å². The minimum atomic E-state index is 0.123. The van der Waals surface area contributed by atoms with Crippen LogP contribution >= 0.6 is 0 Å². The normalized spacial score (nSPS) is 22.3. The van der Waals surface area contributed by atoms with E-state index in [-0.39, 0.29) is 11.8 Å². The Morgan fingerprint density at radius 1 is 1.43 bits per heavy atom. The van der Waals surface area contributed by atoms with Crippen molar-refractivity contribution in [1.82, 2.24) is 10.2 Å². The second kappa shape index (κ2) is 7.05. The van der Waals surface area contributed by atoms with Crippen molar-refractivity contribution < 1.29 is 4.79 Å². The van der Waals surface area contributed by atoms with Crippen LogP contribution in [0.4, 0.5) is 5.69 Å². The monoisotopic (exact) mass is 289 g/mol. The third-order valence-corrected chi connectivity index (χ3v) is 4.05. The highest BCUT2D eigenvalue weighted by Crippen LogP contribution is 2.22. The van der Waals surface area contributed by atoms with Crippen molar-refractivity contribution in [3.8, 4) is 0 Å². The molecular formula is C17H27N3O. The molecule has 0 saturated carbocycles. The molecule has 0 aliphatic carbocycles. The molecule has 0 radical (unpaired) electrons. The first-order valence-electron chi connectivity index (χ1n) is 7.74. The molecule has 1 aliphatic heterocycles. The van der Waals surface area contributed by atoms with Crippen LogP contribution in [0.1, 0.15) is 30.9 Å². The lowest BCUT2D eigenvalue weighted by molar-refractivity contribution is -0.120. The first-order valence-corrected chi connectivity index (χ1v) is 7.74. The average Bonchev–Trinajstić information content (AvgIpc) is 2.42. The molecule has 4 heteroatoms. The number of piperidine rings is 1. The summed E-state index contributed by atoms with van der Waals surface area (Å²) in [6, 6.07) is 6.73. The van der Waals surface area contributed by atoms with Crippen LogP contribution in [0.25, 0.3) is 0 Å². The number of benzene rings is 1. The minimum absolute atomic E-state index is 0.123. The number of carbonyl (C=O) groups excluding carboxylic acids is 1. The molecule has 1 aromatic rings. The molecule has 1 aliphatic rings. The Balaban J connectivity index is 2.05. The lowest BCUT2D eigenvalue weighted by Crippen LogP contribution is -2.40. The van der Waals surface area contributed by atoms with E-state index in [0.717, 1.165) is 37.2 Å². The van der Waals surface area contributed by atoms with E-state index in [9.17, 15) is 4.79 Å². The number of amides is 1. The summed E-state index contributed by atoms with van der Waals surface area (Å²) >= 11 is 0. The van der Waals surface area contributed by atoms with Gasteiger partial charge in [0.05, 0.1) is 0 Å². The molecule has 21 heavy (non-hydrogen) atoms. The van der Waals surface area contributed by atoms with Gasteiger partial charge >= 0.3 is 0 Å². The molecule has 1 heterocycles. The maximum Gasteiger partial charge on any atom is 0.227 e. The smallest absolute Gasteiger partial charge is 0.227 e. The second-order valence-corrected chi connectivity index (χ2v) is 6.45. The fraction of sp³-hybridized carbons (Fsp3) is 0.588. The van der Waals surface area contributed by atoms with E-state index in [2.05, 4.69) is 54.8 Å². The molecule has 1 fully saturated rings. The van der Waals surface area contributed by atoms with Crippen LogP contribution in [0.5, 0.6) is 0 Å².